The molecular weight excluding hydrogens is 284 g/mol. The van der Waals surface area contributed by atoms with Crippen LogP contribution in [0.5, 0.6) is 0 Å². The molecule has 4 nitrogen and oxygen atoms in total. The van der Waals surface area contributed by atoms with Crippen molar-refractivity contribution >= 4 is 33.4 Å². The highest BCUT2D eigenvalue weighted by atomic mass is 79.9. The number of amides is 2. The smallest absolute Gasteiger partial charge is 0.249 e. The molecule has 17 heavy (non-hydrogen) atoms. The lowest BCUT2D eigenvalue weighted by Crippen LogP contribution is -2.57. The lowest BCUT2D eigenvalue weighted by atomic mass is 10.1. The molecule has 1 heterocycles. The number of nitrogens with one attached hydrogen (secondary N) is 1. The molecule has 0 radical (unpaired) electrons. The van der Waals surface area contributed by atoms with E-state index in [-0.39, 0.29) is 18.4 Å². The molecule has 1 N–H and O–H groups in total. The molecule has 1 aliphatic heterocycles. The number of carbonyl (C=O) groups is 2. The first kappa shape index (κ1) is 12.1. The van der Waals surface area contributed by atoms with Crippen LogP contribution in [0.3, 0.4) is 0 Å². The summed E-state index contributed by atoms with van der Waals surface area (Å²) in [6.07, 6.45) is 0. The fourth-order valence-electron chi connectivity index (χ4n) is 1.84. The summed E-state index contributed by atoms with van der Waals surface area (Å²) < 4.78 is 0.818. The minimum absolute atomic E-state index is 0.0746. The maximum Gasteiger partial charge on any atom is 0.249 e. The van der Waals surface area contributed by atoms with E-state index in [1.54, 1.807) is 6.92 Å². The first-order valence-corrected chi connectivity index (χ1v) is 6.15. The van der Waals surface area contributed by atoms with Crippen LogP contribution in [-0.4, -0.2) is 24.4 Å². The van der Waals surface area contributed by atoms with Gasteiger partial charge in [-0.25, -0.2) is 0 Å². The highest BCUT2D eigenvalue weighted by Crippen LogP contribution is 2.28. The van der Waals surface area contributed by atoms with Crippen LogP contribution >= 0.6 is 15.9 Å². The third-order valence-electron chi connectivity index (χ3n) is 2.71. The number of rotatable bonds is 1. The number of hydrogen-bond donors (Lipinski definition) is 1. The second kappa shape index (κ2) is 4.49. The number of anilines is 1. The van der Waals surface area contributed by atoms with Crippen molar-refractivity contribution in [2.75, 3.05) is 11.4 Å². The van der Waals surface area contributed by atoms with E-state index >= 15 is 0 Å². The lowest BCUT2D eigenvalue weighted by molar-refractivity contribution is -0.130. The third-order valence-corrected chi connectivity index (χ3v) is 3.38. The van der Waals surface area contributed by atoms with Gasteiger partial charge in [0, 0.05) is 4.47 Å². The van der Waals surface area contributed by atoms with Crippen molar-refractivity contribution in [1.29, 1.82) is 0 Å². The molecule has 1 aromatic carbocycles. The van der Waals surface area contributed by atoms with Gasteiger partial charge >= 0.3 is 0 Å². The van der Waals surface area contributed by atoms with Crippen molar-refractivity contribution in [3.63, 3.8) is 0 Å². The van der Waals surface area contributed by atoms with Crippen molar-refractivity contribution in [2.45, 2.75) is 19.9 Å². The third kappa shape index (κ3) is 2.34. The highest BCUT2D eigenvalue weighted by molar-refractivity contribution is 9.10. The predicted molar refractivity (Wildman–Crippen MR) is 68.8 cm³/mol. The Labute approximate surface area is 108 Å². The van der Waals surface area contributed by atoms with Gasteiger partial charge in [-0.05, 0) is 47.5 Å². The highest BCUT2D eigenvalue weighted by Gasteiger charge is 2.31. The number of piperazine rings is 1. The summed E-state index contributed by atoms with van der Waals surface area (Å²) in [5.74, 6) is -0.221. The van der Waals surface area contributed by atoms with Gasteiger partial charge in [-0.15, -0.1) is 0 Å². The van der Waals surface area contributed by atoms with E-state index in [0.717, 1.165) is 15.7 Å². The Morgan fingerprint density at radius 2 is 2.12 bits per heavy atom. The Morgan fingerprint density at radius 3 is 2.82 bits per heavy atom. The maximum atomic E-state index is 12.0. The molecule has 1 unspecified atom stereocenters. The zero-order valence-electron chi connectivity index (χ0n) is 9.66. The number of nitrogens with zero attached hydrogens (tertiary/aromatic N) is 1. The second-order valence-corrected chi connectivity index (χ2v) is 5.02. The van der Waals surface area contributed by atoms with E-state index in [2.05, 4.69) is 21.2 Å². The van der Waals surface area contributed by atoms with Gasteiger partial charge < -0.3 is 10.2 Å². The van der Waals surface area contributed by atoms with Crippen molar-refractivity contribution in [1.82, 2.24) is 5.32 Å². The Morgan fingerprint density at radius 1 is 1.41 bits per heavy atom. The molecule has 5 heteroatoms. The van der Waals surface area contributed by atoms with Gasteiger partial charge in [0.2, 0.25) is 11.8 Å². The molecule has 0 bridgehead atoms. The number of aryl methyl sites for hydroxylation is 1. The Kier molecular flexibility index (Phi) is 3.19. The molecule has 0 aromatic heterocycles. The Balaban J connectivity index is 2.41. The maximum absolute atomic E-state index is 12.0. The van der Waals surface area contributed by atoms with Crippen molar-refractivity contribution in [2.24, 2.45) is 0 Å². The summed E-state index contributed by atoms with van der Waals surface area (Å²) in [5.41, 5.74) is 1.80. The van der Waals surface area contributed by atoms with Crippen molar-refractivity contribution in [3.8, 4) is 0 Å². The van der Waals surface area contributed by atoms with Crippen LogP contribution in [0.4, 0.5) is 5.69 Å². The van der Waals surface area contributed by atoms with E-state index in [9.17, 15) is 9.59 Å². The van der Waals surface area contributed by atoms with Crippen LogP contribution in [0.25, 0.3) is 0 Å². The fraction of sp³-hybridized carbons (Fsp3) is 0.333. The molecule has 0 aliphatic carbocycles. The van der Waals surface area contributed by atoms with E-state index in [4.69, 9.17) is 0 Å². The average molecular weight is 297 g/mol. The molecule has 2 rings (SSSR count). The molecule has 1 fully saturated rings. The summed E-state index contributed by atoms with van der Waals surface area (Å²) in [5, 5.41) is 2.62. The summed E-state index contributed by atoms with van der Waals surface area (Å²) in [6, 6.07) is 5.26. The van der Waals surface area contributed by atoms with Gasteiger partial charge in [0.25, 0.3) is 0 Å². The lowest BCUT2D eigenvalue weighted by Gasteiger charge is -2.31. The van der Waals surface area contributed by atoms with Crippen LogP contribution in [0.1, 0.15) is 12.5 Å². The fourth-order valence-corrected chi connectivity index (χ4v) is 2.30. The zero-order chi connectivity index (χ0) is 12.6. The molecule has 1 atom stereocenters. The van der Waals surface area contributed by atoms with Gasteiger partial charge in [-0.1, -0.05) is 6.07 Å². The van der Waals surface area contributed by atoms with Gasteiger partial charge in [0.15, 0.2) is 0 Å². The normalized spacial score (nSPS) is 20.4. The zero-order valence-corrected chi connectivity index (χ0v) is 11.2. The number of benzene rings is 1. The summed E-state index contributed by atoms with van der Waals surface area (Å²) in [6.45, 7) is 3.72. The van der Waals surface area contributed by atoms with Crippen molar-refractivity contribution in [3.05, 3.63) is 28.2 Å². The van der Waals surface area contributed by atoms with Crippen LogP contribution in [0.15, 0.2) is 22.7 Å². The van der Waals surface area contributed by atoms with Gasteiger partial charge in [-0.3, -0.25) is 9.59 Å². The van der Waals surface area contributed by atoms with E-state index in [0.29, 0.717) is 0 Å². The number of carbonyl (C=O) groups excluding carboxylic acids is 2. The molecular formula is C12H13BrN2O2. The predicted octanol–water partition coefficient (Wildman–Crippen LogP) is 1.61. The largest absolute Gasteiger partial charge is 0.343 e. The number of hydrogen-bond acceptors (Lipinski definition) is 2. The Bertz CT molecular complexity index is 487. The average Bonchev–Trinajstić information content (AvgIpc) is 2.27. The number of halogens is 1. The van der Waals surface area contributed by atoms with E-state index < -0.39 is 6.04 Å². The van der Waals surface area contributed by atoms with Gasteiger partial charge in [0.1, 0.15) is 12.6 Å². The molecule has 0 spiro atoms. The molecule has 90 valence electrons. The molecule has 1 aromatic rings. The summed E-state index contributed by atoms with van der Waals surface area (Å²) in [4.78, 5) is 25.0. The molecule has 1 aliphatic rings. The van der Waals surface area contributed by atoms with Gasteiger partial charge in [-0.2, -0.15) is 0 Å². The summed E-state index contributed by atoms with van der Waals surface area (Å²) >= 11 is 3.41. The van der Waals surface area contributed by atoms with Crippen LogP contribution in [0, 0.1) is 6.92 Å². The molecule has 2 amide bonds. The van der Waals surface area contributed by atoms with E-state index in [1.807, 2.05) is 25.1 Å². The first-order chi connectivity index (χ1) is 7.99. The standard InChI is InChI=1S/C12H13BrN2O2/c1-7-3-4-9(13)10(5-7)15-6-11(16)14-8(2)12(15)17/h3-5,8H,6H2,1-2H3,(H,14,16). The Hall–Kier alpha value is -1.36. The van der Waals surface area contributed by atoms with Crippen LogP contribution in [-0.2, 0) is 9.59 Å². The van der Waals surface area contributed by atoms with Crippen molar-refractivity contribution < 1.29 is 9.59 Å². The minimum Gasteiger partial charge on any atom is -0.343 e. The van der Waals surface area contributed by atoms with Crippen LogP contribution < -0.4 is 10.2 Å². The topological polar surface area (TPSA) is 49.4 Å². The van der Waals surface area contributed by atoms with E-state index in [1.165, 1.54) is 4.90 Å². The van der Waals surface area contributed by atoms with Gasteiger partial charge in [0.05, 0.1) is 5.69 Å². The van der Waals surface area contributed by atoms with Crippen LogP contribution in [0.2, 0.25) is 0 Å². The monoisotopic (exact) mass is 296 g/mol. The first-order valence-electron chi connectivity index (χ1n) is 5.36. The summed E-state index contributed by atoms with van der Waals surface area (Å²) in [7, 11) is 0. The minimum atomic E-state index is -0.469. The molecule has 0 saturated carbocycles. The second-order valence-electron chi connectivity index (χ2n) is 4.17. The SMILES string of the molecule is Cc1ccc(Br)c(N2CC(=O)NC(C)C2=O)c1. The quantitative estimate of drug-likeness (QED) is 0.856. The molecule has 1 saturated heterocycles.